The van der Waals surface area contributed by atoms with Crippen molar-refractivity contribution in [2.75, 3.05) is 20.4 Å². The van der Waals surface area contributed by atoms with E-state index in [-0.39, 0.29) is 43.1 Å². The van der Waals surface area contributed by atoms with Gasteiger partial charge < -0.3 is 29.2 Å². The molecule has 0 spiro atoms. The van der Waals surface area contributed by atoms with Crippen molar-refractivity contribution in [1.82, 2.24) is 14.9 Å². The third kappa shape index (κ3) is 3.07. The van der Waals surface area contributed by atoms with Crippen LogP contribution in [0.2, 0.25) is 0 Å². The van der Waals surface area contributed by atoms with Gasteiger partial charge in [-0.1, -0.05) is 18.8 Å². The molecule has 0 bridgehead atoms. The van der Waals surface area contributed by atoms with E-state index in [1.165, 1.54) is 0 Å². The highest BCUT2D eigenvalue weighted by atomic mass is 16.7. The normalized spacial score (nSPS) is 19.0. The Morgan fingerprint density at radius 1 is 1.17 bits per heavy atom. The average Bonchev–Trinajstić information content (AvgIpc) is 3.47. The van der Waals surface area contributed by atoms with Crippen LogP contribution in [0.3, 0.4) is 0 Å². The zero-order valence-electron chi connectivity index (χ0n) is 19.4. The molecule has 0 amide bonds. The summed E-state index contributed by atoms with van der Waals surface area (Å²) in [4.78, 5) is 30.8. The zero-order valence-corrected chi connectivity index (χ0v) is 19.4. The number of aliphatic hydroxyl groups is 1. The number of pyridine rings is 2. The summed E-state index contributed by atoms with van der Waals surface area (Å²) in [5.41, 5.74) is 1.81. The quantitative estimate of drug-likeness (QED) is 0.263. The van der Waals surface area contributed by atoms with E-state index in [1.807, 2.05) is 19.2 Å². The Morgan fingerprint density at radius 3 is 2.74 bits per heavy atom. The van der Waals surface area contributed by atoms with Gasteiger partial charge in [0, 0.05) is 41.1 Å². The molecule has 2 aromatic heterocycles. The minimum absolute atomic E-state index is 0.0887. The molecule has 9 heteroatoms. The highest BCUT2D eigenvalue weighted by Gasteiger charge is 2.45. The highest BCUT2D eigenvalue weighted by molar-refractivity contribution is 5.93. The summed E-state index contributed by atoms with van der Waals surface area (Å²) in [7, 11) is 1.87. The molecule has 0 saturated carbocycles. The second kappa shape index (κ2) is 7.83. The molecule has 35 heavy (non-hydrogen) atoms. The first-order valence-corrected chi connectivity index (χ1v) is 11.5. The molecule has 0 aliphatic carbocycles. The number of nitrogens with zero attached hydrogens (tertiary/aromatic N) is 2. The first-order valence-electron chi connectivity index (χ1n) is 11.5. The topological polar surface area (TPSA) is 112 Å². The van der Waals surface area contributed by atoms with Gasteiger partial charge in [0.05, 0.1) is 29.0 Å². The Morgan fingerprint density at radius 2 is 1.97 bits per heavy atom. The fourth-order valence-electron chi connectivity index (χ4n) is 4.95. The summed E-state index contributed by atoms with van der Waals surface area (Å²) in [6.45, 7) is 2.69. The molecule has 6 rings (SSSR count). The van der Waals surface area contributed by atoms with Crippen molar-refractivity contribution >= 4 is 16.9 Å². The van der Waals surface area contributed by atoms with E-state index < -0.39 is 11.6 Å². The molecule has 1 aromatic carbocycles. The Labute approximate surface area is 200 Å². The van der Waals surface area contributed by atoms with Gasteiger partial charge in [-0.3, -0.25) is 4.79 Å². The number of ether oxygens (including phenoxy) is 3. The molecular formula is C26H23N3O6. The summed E-state index contributed by atoms with van der Waals surface area (Å²) >= 11 is 0. The molecule has 0 saturated heterocycles. The van der Waals surface area contributed by atoms with Crippen LogP contribution in [-0.2, 0) is 28.3 Å². The van der Waals surface area contributed by atoms with Crippen molar-refractivity contribution in [1.29, 1.82) is 0 Å². The Bertz CT molecular complexity index is 1550. The standard InChI is InChI=1S/C26H23N3O6/c1-3-26(32)18-9-20-23-16(11-29(20)24(30)17(18)12-33-25(26)31)14(6-4-5-7-27-2)15-8-21-22(35-13-34-21)10-19(15)28-23/h8-10,27,32H,3,5,7,11-13H2,1-2H3/t26-/m0/s1. The number of carbonyl (C=O) groups excluding carboxylic acids is 1. The van der Waals surface area contributed by atoms with Crippen LogP contribution in [0.1, 0.15) is 42.0 Å². The number of fused-ring (bicyclic) bond motifs is 6. The minimum Gasteiger partial charge on any atom is -0.458 e. The van der Waals surface area contributed by atoms with Crippen LogP contribution in [-0.4, -0.2) is 41.0 Å². The number of benzene rings is 1. The van der Waals surface area contributed by atoms with E-state index >= 15 is 0 Å². The molecule has 3 aliphatic rings. The van der Waals surface area contributed by atoms with Crippen LogP contribution < -0.4 is 20.3 Å². The number of carbonyl (C=O) groups is 1. The van der Waals surface area contributed by atoms with Gasteiger partial charge in [-0.25, -0.2) is 9.78 Å². The zero-order chi connectivity index (χ0) is 24.3. The van der Waals surface area contributed by atoms with E-state index in [0.717, 1.165) is 23.1 Å². The Hall–Kier alpha value is -3.87. The van der Waals surface area contributed by atoms with E-state index in [9.17, 15) is 14.7 Å². The largest absolute Gasteiger partial charge is 0.458 e. The molecule has 3 aliphatic heterocycles. The fourth-order valence-corrected chi connectivity index (χ4v) is 4.95. The van der Waals surface area contributed by atoms with Crippen LogP contribution in [0, 0.1) is 11.8 Å². The second-order valence-corrected chi connectivity index (χ2v) is 8.79. The number of hydrogen-bond acceptors (Lipinski definition) is 8. The molecule has 0 unspecified atom stereocenters. The highest BCUT2D eigenvalue weighted by Crippen LogP contribution is 2.42. The maximum atomic E-state index is 13.5. The first-order chi connectivity index (χ1) is 17.0. The monoisotopic (exact) mass is 473 g/mol. The molecule has 178 valence electrons. The van der Waals surface area contributed by atoms with Gasteiger partial charge in [-0.05, 0) is 25.6 Å². The molecule has 0 radical (unpaired) electrons. The smallest absolute Gasteiger partial charge is 0.343 e. The predicted octanol–water partition coefficient (Wildman–Crippen LogP) is 1.77. The van der Waals surface area contributed by atoms with Gasteiger partial charge in [0.15, 0.2) is 17.1 Å². The number of rotatable bonds is 3. The summed E-state index contributed by atoms with van der Waals surface area (Å²) < 4.78 is 17.9. The van der Waals surface area contributed by atoms with E-state index in [4.69, 9.17) is 19.2 Å². The van der Waals surface area contributed by atoms with Gasteiger partial charge in [-0.15, -0.1) is 0 Å². The second-order valence-electron chi connectivity index (χ2n) is 8.79. The molecule has 5 heterocycles. The van der Waals surface area contributed by atoms with Crippen molar-refractivity contribution in [2.24, 2.45) is 0 Å². The van der Waals surface area contributed by atoms with Crippen molar-refractivity contribution in [3.63, 3.8) is 0 Å². The maximum absolute atomic E-state index is 13.5. The number of aromatic nitrogens is 2. The van der Waals surface area contributed by atoms with E-state index in [2.05, 4.69) is 17.2 Å². The summed E-state index contributed by atoms with van der Waals surface area (Å²) in [5.74, 6) is 7.00. The van der Waals surface area contributed by atoms with Crippen molar-refractivity contribution < 1.29 is 24.1 Å². The van der Waals surface area contributed by atoms with Gasteiger partial charge >= 0.3 is 5.97 Å². The molecular weight excluding hydrogens is 450 g/mol. The van der Waals surface area contributed by atoms with Crippen molar-refractivity contribution in [3.05, 3.63) is 50.8 Å². The lowest BCUT2D eigenvalue weighted by Gasteiger charge is -2.31. The van der Waals surface area contributed by atoms with Crippen LogP contribution in [0.5, 0.6) is 11.5 Å². The lowest BCUT2D eigenvalue weighted by atomic mass is 9.86. The Balaban J connectivity index is 1.62. The Kier molecular flexibility index (Phi) is 4.85. The van der Waals surface area contributed by atoms with Crippen LogP contribution in [0.4, 0.5) is 0 Å². The van der Waals surface area contributed by atoms with Gasteiger partial charge in [0.2, 0.25) is 6.79 Å². The maximum Gasteiger partial charge on any atom is 0.343 e. The first kappa shape index (κ1) is 21.6. The third-order valence-electron chi connectivity index (χ3n) is 6.90. The SMILES string of the molecule is CC[C@@]1(O)C(=O)OCc2c1cc1n(c2=O)Cc2c-1nc1cc3c(cc1c2C#CCCNC)OCO3. The van der Waals surface area contributed by atoms with Crippen LogP contribution >= 0.6 is 0 Å². The predicted molar refractivity (Wildman–Crippen MR) is 126 cm³/mol. The van der Waals surface area contributed by atoms with Gasteiger partial charge in [-0.2, -0.15) is 0 Å². The summed E-state index contributed by atoms with van der Waals surface area (Å²) in [6, 6.07) is 5.40. The van der Waals surface area contributed by atoms with E-state index in [0.29, 0.717) is 34.8 Å². The molecule has 9 nitrogen and oxygen atoms in total. The van der Waals surface area contributed by atoms with Gasteiger partial charge in [0.25, 0.3) is 5.56 Å². The molecule has 0 fully saturated rings. The number of nitrogens with one attached hydrogen (secondary N) is 1. The minimum atomic E-state index is -1.87. The third-order valence-corrected chi connectivity index (χ3v) is 6.90. The lowest BCUT2D eigenvalue weighted by molar-refractivity contribution is -0.172. The molecule has 1 atom stereocenters. The average molecular weight is 473 g/mol. The van der Waals surface area contributed by atoms with Crippen LogP contribution in [0.25, 0.3) is 22.3 Å². The van der Waals surface area contributed by atoms with E-state index in [1.54, 1.807) is 17.6 Å². The molecule has 3 aromatic rings. The number of cyclic esters (lactones) is 1. The van der Waals surface area contributed by atoms with Crippen molar-refractivity contribution in [3.8, 4) is 34.7 Å². The van der Waals surface area contributed by atoms with Crippen molar-refractivity contribution in [2.45, 2.75) is 38.5 Å². The molecule has 2 N–H and O–H groups in total. The number of hydrogen-bond donors (Lipinski definition) is 2. The fraction of sp³-hybridized carbons (Fsp3) is 0.346. The lowest BCUT2D eigenvalue weighted by Crippen LogP contribution is -2.44. The number of esters is 1. The summed E-state index contributed by atoms with van der Waals surface area (Å²) in [5, 5.41) is 15.0. The van der Waals surface area contributed by atoms with Gasteiger partial charge in [0.1, 0.15) is 6.61 Å². The van der Waals surface area contributed by atoms with Crippen LogP contribution in [0.15, 0.2) is 23.0 Å². The summed E-state index contributed by atoms with van der Waals surface area (Å²) in [6.07, 6.45) is 0.745.